The van der Waals surface area contributed by atoms with Gasteiger partial charge in [0.2, 0.25) is 0 Å². The van der Waals surface area contributed by atoms with Crippen molar-refractivity contribution in [1.82, 2.24) is 0 Å². The average Bonchev–Trinajstić information content (AvgIpc) is 2.56. The van der Waals surface area contributed by atoms with Gasteiger partial charge in [-0.1, -0.05) is 6.58 Å². The highest BCUT2D eigenvalue weighted by atomic mass is 16.5. The fourth-order valence-electron chi connectivity index (χ4n) is 2.28. The SMILES string of the molecule is C=C(C)C(=O)OCCCN(C)c1cc(=O)oc2cc(OC)ccc12. The van der Waals surface area contributed by atoms with Crippen molar-refractivity contribution in [2.45, 2.75) is 13.3 Å². The first-order chi connectivity index (χ1) is 11.4. The van der Waals surface area contributed by atoms with Crippen molar-refractivity contribution in [3.05, 3.63) is 46.8 Å². The third-order valence-corrected chi connectivity index (χ3v) is 3.56. The van der Waals surface area contributed by atoms with Crippen LogP contribution in [0, 0.1) is 0 Å². The van der Waals surface area contributed by atoms with Gasteiger partial charge in [-0.15, -0.1) is 0 Å². The van der Waals surface area contributed by atoms with E-state index in [0.717, 1.165) is 11.1 Å². The molecule has 0 saturated heterocycles. The Hall–Kier alpha value is -2.76. The van der Waals surface area contributed by atoms with Crippen molar-refractivity contribution in [3.63, 3.8) is 0 Å². The molecular formula is C18H21NO5. The predicted octanol–water partition coefficient (Wildman–Crippen LogP) is 2.75. The Morgan fingerprint density at radius 3 is 2.75 bits per heavy atom. The third-order valence-electron chi connectivity index (χ3n) is 3.56. The van der Waals surface area contributed by atoms with Crippen molar-refractivity contribution in [2.24, 2.45) is 0 Å². The number of fused-ring (bicyclic) bond motifs is 1. The van der Waals surface area contributed by atoms with Crippen LogP contribution in [0.5, 0.6) is 5.75 Å². The quantitative estimate of drug-likeness (QED) is 0.336. The number of rotatable bonds is 7. The fraction of sp³-hybridized carbons (Fsp3) is 0.333. The molecule has 6 heteroatoms. The van der Waals surface area contributed by atoms with Crippen LogP contribution >= 0.6 is 0 Å². The standard InChI is InChI=1S/C18H21NO5/c1-12(2)18(21)23-9-5-8-19(3)15-11-17(20)24-16-10-13(22-4)6-7-14(15)16/h6-7,10-11H,1,5,8-9H2,2-4H3. The van der Waals surface area contributed by atoms with Crippen LogP contribution in [0.1, 0.15) is 13.3 Å². The van der Waals surface area contributed by atoms with E-state index in [1.807, 2.05) is 24.1 Å². The summed E-state index contributed by atoms with van der Waals surface area (Å²) in [7, 11) is 3.43. The van der Waals surface area contributed by atoms with Gasteiger partial charge in [0.1, 0.15) is 11.3 Å². The van der Waals surface area contributed by atoms with E-state index in [4.69, 9.17) is 13.9 Å². The van der Waals surface area contributed by atoms with Crippen LogP contribution in [0.4, 0.5) is 5.69 Å². The zero-order valence-corrected chi connectivity index (χ0v) is 14.1. The largest absolute Gasteiger partial charge is 0.497 e. The zero-order chi connectivity index (χ0) is 17.7. The highest BCUT2D eigenvalue weighted by molar-refractivity contribution is 5.91. The van der Waals surface area contributed by atoms with Crippen molar-refractivity contribution in [2.75, 3.05) is 32.2 Å². The lowest BCUT2D eigenvalue weighted by molar-refractivity contribution is -0.138. The first-order valence-corrected chi connectivity index (χ1v) is 7.58. The number of carbonyl (C=O) groups is 1. The van der Waals surface area contributed by atoms with Crippen molar-refractivity contribution >= 4 is 22.6 Å². The molecule has 0 spiro atoms. The van der Waals surface area contributed by atoms with Gasteiger partial charge in [-0.25, -0.2) is 9.59 Å². The van der Waals surface area contributed by atoms with E-state index in [1.165, 1.54) is 6.07 Å². The Morgan fingerprint density at radius 1 is 1.33 bits per heavy atom. The third kappa shape index (κ3) is 4.16. The van der Waals surface area contributed by atoms with Gasteiger partial charge < -0.3 is 18.8 Å². The molecule has 0 aliphatic heterocycles. The summed E-state index contributed by atoms with van der Waals surface area (Å²) in [5.41, 5.74) is 1.18. The van der Waals surface area contributed by atoms with Gasteiger partial charge >= 0.3 is 11.6 Å². The zero-order valence-electron chi connectivity index (χ0n) is 14.1. The maximum Gasteiger partial charge on any atom is 0.338 e. The van der Waals surface area contributed by atoms with Crippen molar-refractivity contribution in [3.8, 4) is 5.75 Å². The lowest BCUT2D eigenvalue weighted by atomic mass is 10.2. The molecule has 0 radical (unpaired) electrons. The lowest BCUT2D eigenvalue weighted by Crippen LogP contribution is -2.22. The minimum Gasteiger partial charge on any atom is -0.497 e. The number of benzene rings is 1. The smallest absolute Gasteiger partial charge is 0.338 e. The van der Waals surface area contributed by atoms with E-state index >= 15 is 0 Å². The van der Waals surface area contributed by atoms with Crippen LogP contribution in [0.2, 0.25) is 0 Å². The molecule has 6 nitrogen and oxygen atoms in total. The Balaban J connectivity index is 2.11. The maximum atomic E-state index is 11.8. The number of ether oxygens (including phenoxy) is 2. The predicted molar refractivity (Wildman–Crippen MR) is 92.7 cm³/mol. The molecule has 1 aromatic heterocycles. The first-order valence-electron chi connectivity index (χ1n) is 7.58. The van der Waals surface area contributed by atoms with Gasteiger partial charge in [0.25, 0.3) is 0 Å². The van der Waals surface area contributed by atoms with Crippen LogP contribution < -0.4 is 15.3 Å². The van der Waals surface area contributed by atoms with Gasteiger partial charge in [-0.3, -0.25) is 0 Å². The Bertz CT molecular complexity index is 809. The second-order valence-corrected chi connectivity index (χ2v) is 5.50. The Labute approximate surface area is 140 Å². The molecule has 24 heavy (non-hydrogen) atoms. The van der Waals surface area contributed by atoms with Gasteiger partial charge in [0.15, 0.2) is 0 Å². The number of esters is 1. The summed E-state index contributed by atoms with van der Waals surface area (Å²) >= 11 is 0. The number of methoxy groups -OCH3 is 1. The van der Waals surface area contributed by atoms with E-state index in [0.29, 0.717) is 36.5 Å². The highest BCUT2D eigenvalue weighted by Crippen LogP contribution is 2.27. The average molecular weight is 331 g/mol. The number of hydrogen-bond acceptors (Lipinski definition) is 6. The molecule has 0 amide bonds. The van der Waals surface area contributed by atoms with Crippen molar-refractivity contribution < 1.29 is 18.7 Å². The lowest BCUT2D eigenvalue weighted by Gasteiger charge is -2.20. The normalized spacial score (nSPS) is 10.5. The van der Waals surface area contributed by atoms with Gasteiger partial charge in [-0.05, 0) is 25.5 Å². The van der Waals surface area contributed by atoms with E-state index in [1.54, 1.807) is 20.1 Å². The molecule has 0 bridgehead atoms. The molecule has 1 heterocycles. The van der Waals surface area contributed by atoms with Crippen molar-refractivity contribution in [1.29, 1.82) is 0 Å². The summed E-state index contributed by atoms with van der Waals surface area (Å²) in [6.07, 6.45) is 0.632. The van der Waals surface area contributed by atoms with E-state index in [-0.39, 0.29) is 0 Å². The summed E-state index contributed by atoms with van der Waals surface area (Å²) in [4.78, 5) is 25.1. The molecule has 0 N–H and O–H groups in total. The minimum atomic E-state index is -0.425. The van der Waals surface area contributed by atoms with Crippen LogP contribution in [-0.2, 0) is 9.53 Å². The molecule has 0 aliphatic rings. The maximum absolute atomic E-state index is 11.8. The van der Waals surface area contributed by atoms with Crippen LogP contribution in [0.25, 0.3) is 11.0 Å². The van der Waals surface area contributed by atoms with Gasteiger partial charge in [0, 0.05) is 36.7 Å². The molecule has 1 aromatic carbocycles. The monoisotopic (exact) mass is 331 g/mol. The van der Waals surface area contributed by atoms with Gasteiger partial charge in [-0.2, -0.15) is 0 Å². The highest BCUT2D eigenvalue weighted by Gasteiger charge is 2.11. The summed E-state index contributed by atoms with van der Waals surface area (Å²) in [5.74, 6) is 0.229. The van der Waals surface area contributed by atoms with Gasteiger partial charge in [0.05, 0.1) is 19.4 Å². The minimum absolute atomic E-state index is 0.295. The molecule has 0 fully saturated rings. The van der Waals surface area contributed by atoms with E-state index in [9.17, 15) is 9.59 Å². The van der Waals surface area contributed by atoms with E-state index in [2.05, 4.69) is 6.58 Å². The second kappa shape index (κ2) is 7.68. The topological polar surface area (TPSA) is 69.0 Å². The Kier molecular flexibility index (Phi) is 5.63. The summed E-state index contributed by atoms with van der Waals surface area (Å²) < 4.78 is 15.5. The molecule has 128 valence electrons. The number of anilines is 1. The van der Waals surface area contributed by atoms with E-state index < -0.39 is 11.6 Å². The molecule has 2 rings (SSSR count). The molecule has 0 unspecified atom stereocenters. The molecular weight excluding hydrogens is 310 g/mol. The molecule has 0 aliphatic carbocycles. The van der Waals surface area contributed by atoms with Crippen LogP contribution in [0.3, 0.4) is 0 Å². The number of hydrogen-bond donors (Lipinski definition) is 0. The summed E-state index contributed by atoms with van der Waals surface area (Å²) in [6.45, 7) is 6.06. The van der Waals surface area contributed by atoms with Crippen LogP contribution in [0.15, 0.2) is 45.6 Å². The fourth-order valence-corrected chi connectivity index (χ4v) is 2.28. The molecule has 0 atom stereocenters. The van der Waals surface area contributed by atoms with Crippen LogP contribution in [-0.4, -0.2) is 33.3 Å². The molecule has 2 aromatic rings. The number of carbonyl (C=O) groups excluding carboxylic acids is 1. The Morgan fingerprint density at radius 2 is 2.08 bits per heavy atom. The molecule has 0 saturated carbocycles. The summed E-state index contributed by atoms with van der Waals surface area (Å²) in [5, 5.41) is 0.817. The number of nitrogens with zero attached hydrogens (tertiary/aromatic N) is 1. The first kappa shape index (κ1) is 17.6. The second-order valence-electron chi connectivity index (χ2n) is 5.50. The summed E-state index contributed by atoms with van der Waals surface area (Å²) in [6, 6.07) is 6.80.